The summed E-state index contributed by atoms with van der Waals surface area (Å²) in [6, 6.07) is 6.50. The number of hydrogen-bond donors (Lipinski definition) is 0. The lowest BCUT2D eigenvalue weighted by molar-refractivity contribution is 0.0469. The van der Waals surface area contributed by atoms with Gasteiger partial charge in [0.05, 0.1) is 21.7 Å². The van der Waals surface area contributed by atoms with Gasteiger partial charge in [-0.25, -0.2) is 9.78 Å². The molecule has 0 bridgehead atoms. The van der Waals surface area contributed by atoms with Crippen LogP contribution in [0.15, 0.2) is 30.5 Å². The van der Waals surface area contributed by atoms with Gasteiger partial charge in [0.25, 0.3) is 0 Å². The van der Waals surface area contributed by atoms with Crippen LogP contribution in [0.5, 0.6) is 5.75 Å². The first kappa shape index (κ1) is 18.5. The molecule has 2 rings (SSSR count). The molecule has 1 heterocycles. The molecule has 0 saturated heterocycles. The van der Waals surface area contributed by atoms with Crippen LogP contribution in [-0.2, 0) is 4.74 Å². The smallest absolute Gasteiger partial charge is 0.358 e. The molecular formula is C16H12Cl3NO4. The predicted molar refractivity (Wildman–Crippen MR) is 91.5 cm³/mol. The quantitative estimate of drug-likeness (QED) is 0.539. The fraction of sp³-hybridized carbons (Fsp3) is 0.188. The van der Waals surface area contributed by atoms with Crippen molar-refractivity contribution in [1.29, 1.82) is 0 Å². The minimum Gasteiger partial charge on any atom is -0.494 e. The number of halogens is 3. The van der Waals surface area contributed by atoms with Gasteiger partial charge in [0.2, 0.25) is 0 Å². The van der Waals surface area contributed by atoms with Crippen molar-refractivity contribution in [3.63, 3.8) is 0 Å². The molecular weight excluding hydrogens is 377 g/mol. The number of rotatable bonds is 6. The molecule has 0 fully saturated rings. The average molecular weight is 389 g/mol. The molecule has 0 spiro atoms. The first-order chi connectivity index (χ1) is 11.4. The lowest BCUT2D eigenvalue weighted by atomic mass is 10.1. The molecule has 0 aliphatic carbocycles. The zero-order valence-corrected chi connectivity index (χ0v) is 14.8. The van der Waals surface area contributed by atoms with Crippen LogP contribution in [0.25, 0.3) is 0 Å². The van der Waals surface area contributed by atoms with Gasteiger partial charge in [0.15, 0.2) is 18.1 Å². The zero-order chi connectivity index (χ0) is 17.7. The van der Waals surface area contributed by atoms with Crippen LogP contribution >= 0.6 is 34.8 Å². The van der Waals surface area contributed by atoms with E-state index >= 15 is 0 Å². The highest BCUT2D eigenvalue weighted by Gasteiger charge is 2.19. The van der Waals surface area contributed by atoms with Crippen LogP contribution in [0.2, 0.25) is 15.1 Å². The molecule has 0 amide bonds. The highest BCUT2D eigenvalue weighted by molar-refractivity contribution is 6.48. The molecule has 0 radical (unpaired) electrons. The van der Waals surface area contributed by atoms with E-state index in [4.69, 9.17) is 44.3 Å². The fourth-order valence-electron chi connectivity index (χ4n) is 1.77. The first-order valence-electron chi connectivity index (χ1n) is 6.86. The summed E-state index contributed by atoms with van der Waals surface area (Å²) in [4.78, 5) is 27.8. The highest BCUT2D eigenvalue weighted by Crippen LogP contribution is 2.31. The van der Waals surface area contributed by atoms with Crippen molar-refractivity contribution in [2.45, 2.75) is 6.92 Å². The number of ketones is 1. The number of esters is 1. The average Bonchev–Trinajstić information content (AvgIpc) is 2.58. The second-order valence-electron chi connectivity index (χ2n) is 4.54. The predicted octanol–water partition coefficient (Wildman–Crippen LogP) is 4.48. The largest absolute Gasteiger partial charge is 0.494 e. The maximum atomic E-state index is 12.0. The molecule has 0 atom stereocenters. The van der Waals surface area contributed by atoms with Crippen LogP contribution in [0.4, 0.5) is 0 Å². The molecule has 0 saturated carbocycles. The molecule has 1 aromatic heterocycles. The van der Waals surface area contributed by atoms with Crippen LogP contribution in [0, 0.1) is 0 Å². The topological polar surface area (TPSA) is 65.5 Å². The third-order valence-corrected chi connectivity index (χ3v) is 4.17. The molecule has 0 N–H and O–H groups in total. The number of pyridine rings is 1. The number of aromatic nitrogens is 1. The summed E-state index contributed by atoms with van der Waals surface area (Å²) < 4.78 is 10.2. The Morgan fingerprint density at radius 3 is 2.38 bits per heavy atom. The number of benzene rings is 1. The molecule has 2 aromatic rings. The van der Waals surface area contributed by atoms with Gasteiger partial charge in [0, 0.05) is 11.8 Å². The van der Waals surface area contributed by atoms with Gasteiger partial charge in [-0.15, -0.1) is 0 Å². The second kappa shape index (κ2) is 8.33. The Hall–Kier alpha value is -1.82. The van der Waals surface area contributed by atoms with E-state index in [9.17, 15) is 9.59 Å². The Balaban J connectivity index is 2.01. The lowest BCUT2D eigenvalue weighted by Gasteiger charge is -2.07. The van der Waals surface area contributed by atoms with Crippen molar-refractivity contribution in [3.8, 4) is 5.75 Å². The summed E-state index contributed by atoms with van der Waals surface area (Å²) in [5.74, 6) is -0.585. The van der Waals surface area contributed by atoms with E-state index in [2.05, 4.69) is 4.98 Å². The van der Waals surface area contributed by atoms with Crippen molar-refractivity contribution < 1.29 is 19.1 Å². The van der Waals surface area contributed by atoms with Crippen LogP contribution < -0.4 is 4.74 Å². The van der Waals surface area contributed by atoms with E-state index in [1.165, 1.54) is 6.20 Å². The molecule has 0 aliphatic rings. The van der Waals surface area contributed by atoms with Gasteiger partial charge in [-0.1, -0.05) is 34.8 Å². The lowest BCUT2D eigenvalue weighted by Crippen LogP contribution is -2.15. The van der Waals surface area contributed by atoms with E-state index in [0.717, 1.165) is 0 Å². The van der Waals surface area contributed by atoms with Gasteiger partial charge in [-0.05, 0) is 31.2 Å². The molecule has 24 heavy (non-hydrogen) atoms. The monoisotopic (exact) mass is 387 g/mol. The van der Waals surface area contributed by atoms with E-state index in [-0.39, 0.29) is 26.5 Å². The first-order valence-corrected chi connectivity index (χ1v) is 8.00. The van der Waals surface area contributed by atoms with Gasteiger partial charge in [0.1, 0.15) is 5.75 Å². The Morgan fingerprint density at radius 2 is 1.75 bits per heavy atom. The molecule has 126 valence electrons. The Bertz CT molecular complexity index is 763. The summed E-state index contributed by atoms with van der Waals surface area (Å²) >= 11 is 17.5. The second-order valence-corrected chi connectivity index (χ2v) is 5.70. The molecule has 1 aromatic carbocycles. The normalized spacial score (nSPS) is 10.3. The summed E-state index contributed by atoms with van der Waals surface area (Å²) in [6.07, 6.45) is 1.18. The van der Waals surface area contributed by atoms with E-state index < -0.39 is 12.6 Å². The number of Topliss-reactive ketones (excluding diaryl/α,β-unsaturated/α-hetero) is 1. The standard InChI is InChI=1S/C16H12Cl3NO4/c1-2-23-10-5-3-9(4-6-10)12(21)8-24-16(22)15-14(19)13(18)11(17)7-20-15/h3-7H,2,8H2,1H3. The third-order valence-electron chi connectivity index (χ3n) is 2.93. The Kier molecular flexibility index (Phi) is 6.43. The van der Waals surface area contributed by atoms with Crippen molar-refractivity contribution in [1.82, 2.24) is 4.98 Å². The maximum absolute atomic E-state index is 12.0. The van der Waals surface area contributed by atoms with E-state index in [0.29, 0.717) is 17.9 Å². The highest BCUT2D eigenvalue weighted by atomic mass is 35.5. The van der Waals surface area contributed by atoms with E-state index in [1.54, 1.807) is 24.3 Å². The van der Waals surface area contributed by atoms with Gasteiger partial charge < -0.3 is 9.47 Å². The van der Waals surface area contributed by atoms with Gasteiger partial charge >= 0.3 is 5.97 Å². The third kappa shape index (κ3) is 4.38. The van der Waals surface area contributed by atoms with Gasteiger partial charge in [-0.2, -0.15) is 0 Å². The Morgan fingerprint density at radius 1 is 1.08 bits per heavy atom. The Labute approximate surface area is 153 Å². The van der Waals surface area contributed by atoms with Crippen molar-refractivity contribution >= 4 is 46.6 Å². The number of carbonyl (C=O) groups excluding carboxylic acids is 2. The zero-order valence-electron chi connectivity index (χ0n) is 12.5. The summed E-state index contributed by atoms with van der Waals surface area (Å²) in [5.41, 5.74) is 0.185. The summed E-state index contributed by atoms with van der Waals surface area (Å²) in [7, 11) is 0. The summed E-state index contributed by atoms with van der Waals surface area (Å²) in [5, 5.41) is -0.00973. The molecule has 8 heteroatoms. The molecule has 0 unspecified atom stereocenters. The maximum Gasteiger partial charge on any atom is 0.358 e. The fourth-order valence-corrected chi connectivity index (χ4v) is 2.33. The van der Waals surface area contributed by atoms with Crippen molar-refractivity contribution in [2.75, 3.05) is 13.2 Å². The van der Waals surface area contributed by atoms with Crippen molar-refractivity contribution in [2.24, 2.45) is 0 Å². The minimum atomic E-state index is -0.863. The van der Waals surface area contributed by atoms with Crippen LogP contribution in [0.3, 0.4) is 0 Å². The number of nitrogens with zero attached hydrogens (tertiary/aromatic N) is 1. The molecule has 5 nitrogen and oxygen atoms in total. The van der Waals surface area contributed by atoms with Gasteiger partial charge in [-0.3, -0.25) is 4.79 Å². The van der Waals surface area contributed by atoms with Crippen LogP contribution in [0.1, 0.15) is 27.8 Å². The number of carbonyl (C=O) groups is 2. The van der Waals surface area contributed by atoms with E-state index in [1.807, 2.05) is 6.92 Å². The van der Waals surface area contributed by atoms with Crippen molar-refractivity contribution in [3.05, 3.63) is 56.8 Å². The molecule has 0 aliphatic heterocycles. The minimum absolute atomic E-state index is 0.00174. The van der Waals surface area contributed by atoms with Crippen LogP contribution in [-0.4, -0.2) is 30.0 Å². The summed E-state index contributed by atoms with van der Waals surface area (Å²) in [6.45, 7) is 1.94. The SMILES string of the molecule is CCOc1ccc(C(=O)COC(=O)c2ncc(Cl)c(Cl)c2Cl)cc1. The number of ether oxygens (including phenoxy) is 2. The number of hydrogen-bond acceptors (Lipinski definition) is 5.